The lowest BCUT2D eigenvalue weighted by molar-refractivity contribution is 0.575. The molecule has 0 aromatic heterocycles. The molecule has 0 fully saturated rings. The van der Waals surface area contributed by atoms with Crippen molar-refractivity contribution in [2.45, 2.75) is 47.5 Å². The fourth-order valence-corrected chi connectivity index (χ4v) is 2.41. The molecule has 0 aliphatic heterocycles. The Morgan fingerprint density at radius 3 is 2.55 bits per heavy atom. The minimum atomic E-state index is 0.594. The quantitative estimate of drug-likeness (QED) is 0.477. The molecule has 108 valence electrons. The molecular weight excluding hydrogens is 242 g/mol. The molecule has 0 spiro atoms. The maximum atomic E-state index is 4.34. The van der Waals surface area contributed by atoms with E-state index in [1.54, 1.807) is 0 Å². The molecule has 1 heteroatoms. The van der Waals surface area contributed by atoms with Crippen molar-refractivity contribution >= 4 is 6.21 Å². The Hall–Kier alpha value is -1.63. The van der Waals surface area contributed by atoms with Gasteiger partial charge in [-0.15, -0.1) is 0 Å². The van der Waals surface area contributed by atoms with Crippen molar-refractivity contribution in [3.8, 4) is 0 Å². The molecule has 0 amide bonds. The minimum Gasteiger partial charge on any atom is -0.266 e. The van der Waals surface area contributed by atoms with Crippen LogP contribution in [0.2, 0.25) is 0 Å². The maximum absolute atomic E-state index is 4.34. The number of hydrogen-bond donors (Lipinski definition) is 0. The molecule has 0 bridgehead atoms. The van der Waals surface area contributed by atoms with Gasteiger partial charge in [-0.25, -0.2) is 0 Å². The number of aliphatic imine (C=N–C) groups is 1. The molecule has 1 aromatic carbocycles. The van der Waals surface area contributed by atoms with Crippen LogP contribution in [-0.4, -0.2) is 6.21 Å². The highest BCUT2D eigenvalue weighted by atomic mass is 14.7. The van der Waals surface area contributed by atoms with Gasteiger partial charge < -0.3 is 0 Å². The summed E-state index contributed by atoms with van der Waals surface area (Å²) in [4.78, 5) is 4.34. The average Bonchev–Trinajstić information content (AvgIpc) is 2.40. The van der Waals surface area contributed by atoms with Gasteiger partial charge in [0.25, 0.3) is 0 Å². The van der Waals surface area contributed by atoms with Gasteiger partial charge in [-0.05, 0) is 63.2 Å². The molecule has 0 aliphatic rings. The van der Waals surface area contributed by atoms with Crippen LogP contribution in [0.15, 0.2) is 52.7 Å². The molecule has 0 heterocycles. The Balaban J connectivity index is 2.67. The van der Waals surface area contributed by atoms with E-state index in [0.29, 0.717) is 5.92 Å². The first-order valence-corrected chi connectivity index (χ1v) is 7.34. The topological polar surface area (TPSA) is 12.4 Å². The number of benzene rings is 1. The van der Waals surface area contributed by atoms with E-state index >= 15 is 0 Å². The molecule has 20 heavy (non-hydrogen) atoms. The van der Waals surface area contributed by atoms with Crippen LogP contribution in [0.3, 0.4) is 0 Å². The van der Waals surface area contributed by atoms with Crippen LogP contribution in [0.4, 0.5) is 0 Å². The molecule has 1 rings (SSSR count). The van der Waals surface area contributed by atoms with Gasteiger partial charge in [0.2, 0.25) is 0 Å². The van der Waals surface area contributed by atoms with Crippen molar-refractivity contribution in [3.05, 3.63) is 58.8 Å². The van der Waals surface area contributed by atoms with Crippen molar-refractivity contribution < 1.29 is 0 Å². The SMILES string of the molecule is C=C(CC(C)Cc1ccccc1C)/C(C)=C(/C)N=CC. The Morgan fingerprint density at radius 2 is 1.95 bits per heavy atom. The molecule has 0 radical (unpaired) electrons. The molecular formula is C19H27N. The Kier molecular flexibility index (Phi) is 6.44. The molecule has 0 aliphatic carbocycles. The highest BCUT2D eigenvalue weighted by molar-refractivity contribution is 5.55. The largest absolute Gasteiger partial charge is 0.266 e. The number of aryl methyl sites for hydroxylation is 1. The zero-order chi connectivity index (χ0) is 15.1. The highest BCUT2D eigenvalue weighted by Gasteiger charge is 2.09. The summed E-state index contributed by atoms with van der Waals surface area (Å²) in [5.74, 6) is 0.594. The van der Waals surface area contributed by atoms with E-state index in [4.69, 9.17) is 0 Å². The fraction of sp³-hybridized carbons (Fsp3) is 0.421. The van der Waals surface area contributed by atoms with E-state index in [1.807, 2.05) is 20.1 Å². The zero-order valence-electron chi connectivity index (χ0n) is 13.5. The van der Waals surface area contributed by atoms with Crippen molar-refractivity contribution in [1.29, 1.82) is 0 Å². The third-order valence-electron chi connectivity index (χ3n) is 3.82. The van der Waals surface area contributed by atoms with Crippen molar-refractivity contribution in [1.82, 2.24) is 0 Å². The first kappa shape index (κ1) is 16.4. The molecule has 1 unspecified atom stereocenters. The van der Waals surface area contributed by atoms with Crippen molar-refractivity contribution in [2.24, 2.45) is 10.9 Å². The lowest BCUT2D eigenvalue weighted by Gasteiger charge is -2.16. The minimum absolute atomic E-state index is 0.594. The summed E-state index contributed by atoms with van der Waals surface area (Å²) in [6.45, 7) is 14.8. The number of hydrogen-bond acceptors (Lipinski definition) is 1. The highest BCUT2D eigenvalue weighted by Crippen LogP contribution is 2.24. The van der Waals surface area contributed by atoms with E-state index in [2.05, 4.69) is 56.6 Å². The number of rotatable bonds is 6. The second kappa shape index (κ2) is 7.84. The van der Waals surface area contributed by atoms with Crippen LogP contribution in [0.25, 0.3) is 0 Å². The summed E-state index contributed by atoms with van der Waals surface area (Å²) in [7, 11) is 0. The molecule has 0 saturated heterocycles. The first-order valence-electron chi connectivity index (χ1n) is 7.34. The summed E-state index contributed by atoms with van der Waals surface area (Å²) in [5.41, 5.74) is 6.32. The molecule has 1 nitrogen and oxygen atoms in total. The van der Waals surface area contributed by atoms with Gasteiger partial charge in [-0.2, -0.15) is 0 Å². The summed E-state index contributed by atoms with van der Waals surface area (Å²) < 4.78 is 0. The zero-order valence-corrected chi connectivity index (χ0v) is 13.5. The summed E-state index contributed by atoms with van der Waals surface area (Å²) in [6, 6.07) is 8.63. The Labute approximate surface area is 124 Å². The van der Waals surface area contributed by atoms with Crippen LogP contribution in [0.5, 0.6) is 0 Å². The third-order valence-corrected chi connectivity index (χ3v) is 3.82. The van der Waals surface area contributed by atoms with Gasteiger partial charge in [0.15, 0.2) is 0 Å². The smallest absolute Gasteiger partial charge is 0.0400 e. The lowest BCUT2D eigenvalue weighted by atomic mass is 9.90. The normalized spacial score (nSPS) is 14.2. The van der Waals surface area contributed by atoms with Crippen LogP contribution in [0.1, 0.15) is 45.2 Å². The van der Waals surface area contributed by atoms with Crippen molar-refractivity contribution in [3.63, 3.8) is 0 Å². The van der Waals surface area contributed by atoms with E-state index in [0.717, 1.165) is 18.5 Å². The van der Waals surface area contributed by atoms with E-state index in [1.165, 1.54) is 22.3 Å². The summed E-state index contributed by atoms with van der Waals surface area (Å²) >= 11 is 0. The molecule has 1 aromatic rings. The standard InChI is InChI=1S/C19H27N/c1-7-20-18(6)17(5)16(4)12-14(2)13-19-11-9-8-10-15(19)3/h7-11,14H,4,12-13H2,1-3,5-6H3/b18-17-,20-7?. The van der Waals surface area contributed by atoms with Crippen LogP contribution < -0.4 is 0 Å². The molecule has 0 N–H and O–H groups in total. The van der Waals surface area contributed by atoms with E-state index in [9.17, 15) is 0 Å². The number of allylic oxidation sites excluding steroid dienone is 3. The number of nitrogens with zero attached hydrogens (tertiary/aromatic N) is 1. The van der Waals surface area contributed by atoms with Gasteiger partial charge in [0.1, 0.15) is 0 Å². The van der Waals surface area contributed by atoms with Crippen LogP contribution in [0, 0.1) is 12.8 Å². The van der Waals surface area contributed by atoms with Crippen LogP contribution >= 0.6 is 0 Å². The summed E-state index contributed by atoms with van der Waals surface area (Å²) in [5, 5.41) is 0. The van der Waals surface area contributed by atoms with Gasteiger partial charge in [0.05, 0.1) is 0 Å². The summed E-state index contributed by atoms with van der Waals surface area (Å²) in [6.07, 6.45) is 3.97. The predicted octanol–water partition coefficient (Wildman–Crippen LogP) is 5.50. The monoisotopic (exact) mass is 269 g/mol. The van der Waals surface area contributed by atoms with Gasteiger partial charge in [-0.1, -0.05) is 43.3 Å². The van der Waals surface area contributed by atoms with E-state index < -0.39 is 0 Å². The Morgan fingerprint density at radius 1 is 1.30 bits per heavy atom. The fourth-order valence-electron chi connectivity index (χ4n) is 2.41. The maximum Gasteiger partial charge on any atom is 0.0400 e. The Bertz CT molecular complexity index is 520. The predicted molar refractivity (Wildman–Crippen MR) is 90.3 cm³/mol. The van der Waals surface area contributed by atoms with Gasteiger partial charge >= 0.3 is 0 Å². The van der Waals surface area contributed by atoms with E-state index in [-0.39, 0.29) is 0 Å². The second-order valence-corrected chi connectivity index (χ2v) is 5.64. The van der Waals surface area contributed by atoms with Crippen LogP contribution in [-0.2, 0) is 6.42 Å². The lowest BCUT2D eigenvalue weighted by Crippen LogP contribution is -2.03. The third kappa shape index (κ3) is 4.80. The molecule has 0 saturated carbocycles. The van der Waals surface area contributed by atoms with Gasteiger partial charge in [-0.3, -0.25) is 4.99 Å². The van der Waals surface area contributed by atoms with Gasteiger partial charge in [0, 0.05) is 11.9 Å². The molecule has 1 atom stereocenters. The first-order chi connectivity index (χ1) is 9.45. The average molecular weight is 269 g/mol. The van der Waals surface area contributed by atoms with Crippen molar-refractivity contribution in [2.75, 3.05) is 0 Å². The second-order valence-electron chi connectivity index (χ2n) is 5.64.